The number of amides is 1. The topological polar surface area (TPSA) is 58.6 Å². The number of carbonyl (C=O) groups is 1. The molecule has 2 unspecified atom stereocenters. The zero-order valence-corrected chi connectivity index (χ0v) is 11.8. The van der Waals surface area contributed by atoms with Crippen molar-refractivity contribution in [3.05, 3.63) is 29.8 Å². The van der Waals surface area contributed by atoms with Gasteiger partial charge in [-0.3, -0.25) is 4.79 Å². The Morgan fingerprint density at radius 2 is 2.00 bits per heavy atom. The van der Waals surface area contributed by atoms with E-state index in [0.29, 0.717) is 6.42 Å². The molecule has 106 valence electrons. The first kappa shape index (κ1) is 15.5. The molecule has 4 heteroatoms. The van der Waals surface area contributed by atoms with Gasteiger partial charge in [-0.15, -0.1) is 0 Å². The van der Waals surface area contributed by atoms with Gasteiger partial charge < -0.3 is 15.2 Å². The minimum absolute atomic E-state index is 0.0121. The normalized spacial score (nSPS) is 13.7. The summed E-state index contributed by atoms with van der Waals surface area (Å²) in [4.78, 5) is 11.6. The molecule has 0 saturated carbocycles. The summed E-state index contributed by atoms with van der Waals surface area (Å²) >= 11 is 0. The predicted molar refractivity (Wildman–Crippen MR) is 75.1 cm³/mol. The van der Waals surface area contributed by atoms with Gasteiger partial charge in [-0.05, 0) is 31.0 Å². The van der Waals surface area contributed by atoms with E-state index in [9.17, 15) is 9.90 Å². The molecule has 0 aliphatic rings. The van der Waals surface area contributed by atoms with Gasteiger partial charge in [-0.25, -0.2) is 0 Å². The van der Waals surface area contributed by atoms with E-state index in [1.807, 2.05) is 6.92 Å². The summed E-state index contributed by atoms with van der Waals surface area (Å²) < 4.78 is 5.07. The number of hydrogen-bond acceptors (Lipinski definition) is 3. The number of benzene rings is 1. The molecule has 1 aromatic rings. The van der Waals surface area contributed by atoms with Crippen molar-refractivity contribution in [2.75, 3.05) is 7.11 Å². The zero-order chi connectivity index (χ0) is 14.3. The number of aliphatic hydroxyl groups excluding tert-OH is 1. The highest BCUT2D eigenvalue weighted by atomic mass is 16.5. The van der Waals surface area contributed by atoms with Crippen LogP contribution in [0.15, 0.2) is 24.3 Å². The van der Waals surface area contributed by atoms with Crippen LogP contribution in [0.25, 0.3) is 0 Å². The lowest BCUT2D eigenvalue weighted by Crippen LogP contribution is -2.36. The number of nitrogens with one attached hydrogen (secondary N) is 1. The van der Waals surface area contributed by atoms with Crippen LogP contribution in [0, 0.1) is 0 Å². The van der Waals surface area contributed by atoms with Crippen molar-refractivity contribution in [3.63, 3.8) is 0 Å². The van der Waals surface area contributed by atoms with E-state index >= 15 is 0 Å². The molecular weight excluding hydrogens is 242 g/mol. The van der Waals surface area contributed by atoms with E-state index in [-0.39, 0.29) is 11.9 Å². The van der Waals surface area contributed by atoms with Gasteiger partial charge in [0.15, 0.2) is 0 Å². The highest BCUT2D eigenvalue weighted by Gasteiger charge is 2.18. The second-order valence-corrected chi connectivity index (χ2v) is 4.68. The van der Waals surface area contributed by atoms with E-state index < -0.39 is 6.10 Å². The van der Waals surface area contributed by atoms with Gasteiger partial charge in [-0.2, -0.15) is 0 Å². The van der Waals surface area contributed by atoms with E-state index in [4.69, 9.17) is 4.74 Å². The predicted octanol–water partition coefficient (Wildman–Crippen LogP) is 2.42. The summed E-state index contributed by atoms with van der Waals surface area (Å²) in [5.41, 5.74) is 0.768. The first-order valence-corrected chi connectivity index (χ1v) is 6.69. The Hall–Kier alpha value is -1.55. The Morgan fingerprint density at radius 1 is 1.37 bits per heavy atom. The molecule has 2 N–H and O–H groups in total. The maximum Gasteiger partial charge on any atom is 0.220 e. The lowest BCUT2D eigenvalue weighted by molar-refractivity contribution is -0.122. The lowest BCUT2D eigenvalue weighted by atomic mass is 10.0. The molecule has 0 aromatic heterocycles. The molecule has 0 spiro atoms. The molecule has 0 aliphatic carbocycles. The largest absolute Gasteiger partial charge is 0.497 e. The standard InChI is InChI=1S/C15H23NO3/c1-4-5-6-14(17)16-11(2)15(18)12-7-9-13(19-3)10-8-12/h7-11,15,18H,4-6H2,1-3H3,(H,16,17). The van der Waals surface area contributed by atoms with Crippen LogP contribution in [-0.2, 0) is 4.79 Å². The van der Waals surface area contributed by atoms with Crippen molar-refractivity contribution in [1.82, 2.24) is 5.32 Å². The molecule has 1 rings (SSSR count). The van der Waals surface area contributed by atoms with Crippen molar-refractivity contribution in [1.29, 1.82) is 0 Å². The fourth-order valence-electron chi connectivity index (χ4n) is 1.83. The third-order valence-corrected chi connectivity index (χ3v) is 3.08. The summed E-state index contributed by atoms with van der Waals surface area (Å²) in [5, 5.41) is 13.0. The molecule has 0 aliphatic heterocycles. The second kappa shape index (κ2) is 7.79. The molecule has 2 atom stereocenters. The van der Waals surface area contributed by atoms with Crippen LogP contribution in [0.2, 0.25) is 0 Å². The zero-order valence-electron chi connectivity index (χ0n) is 11.8. The molecule has 0 heterocycles. The van der Waals surface area contributed by atoms with Gasteiger partial charge in [-0.1, -0.05) is 25.5 Å². The maximum absolute atomic E-state index is 11.6. The first-order chi connectivity index (χ1) is 9.08. The summed E-state index contributed by atoms with van der Waals surface area (Å²) in [7, 11) is 1.60. The summed E-state index contributed by atoms with van der Waals surface area (Å²) in [5.74, 6) is 0.734. The molecule has 4 nitrogen and oxygen atoms in total. The third kappa shape index (κ3) is 4.91. The number of unbranched alkanes of at least 4 members (excludes halogenated alkanes) is 1. The first-order valence-electron chi connectivity index (χ1n) is 6.69. The van der Waals surface area contributed by atoms with Crippen LogP contribution < -0.4 is 10.1 Å². The molecule has 1 aromatic carbocycles. The monoisotopic (exact) mass is 265 g/mol. The number of carbonyl (C=O) groups excluding carboxylic acids is 1. The molecule has 19 heavy (non-hydrogen) atoms. The average Bonchev–Trinajstić information content (AvgIpc) is 2.44. The van der Waals surface area contributed by atoms with Crippen LogP contribution in [0.3, 0.4) is 0 Å². The second-order valence-electron chi connectivity index (χ2n) is 4.68. The van der Waals surface area contributed by atoms with E-state index in [1.165, 1.54) is 0 Å². The van der Waals surface area contributed by atoms with Gasteiger partial charge in [0.2, 0.25) is 5.91 Å². The van der Waals surface area contributed by atoms with Gasteiger partial charge >= 0.3 is 0 Å². The maximum atomic E-state index is 11.6. The molecule has 0 saturated heterocycles. The van der Waals surface area contributed by atoms with Crippen LogP contribution in [-0.4, -0.2) is 24.2 Å². The fraction of sp³-hybridized carbons (Fsp3) is 0.533. The van der Waals surface area contributed by atoms with Crippen molar-refractivity contribution < 1.29 is 14.6 Å². The molecule has 0 radical (unpaired) electrons. The Kier molecular flexibility index (Phi) is 6.36. The highest BCUT2D eigenvalue weighted by molar-refractivity contribution is 5.76. The third-order valence-electron chi connectivity index (χ3n) is 3.08. The van der Waals surface area contributed by atoms with Crippen molar-refractivity contribution >= 4 is 5.91 Å². The van der Waals surface area contributed by atoms with Crippen molar-refractivity contribution in [2.24, 2.45) is 0 Å². The summed E-state index contributed by atoms with van der Waals surface area (Å²) in [6.45, 7) is 3.85. The molecule has 0 fully saturated rings. The molecule has 0 bridgehead atoms. The number of rotatable bonds is 7. The van der Waals surface area contributed by atoms with Crippen LogP contribution in [0.1, 0.15) is 44.8 Å². The van der Waals surface area contributed by atoms with Crippen molar-refractivity contribution in [2.45, 2.75) is 45.3 Å². The summed E-state index contributed by atoms with van der Waals surface area (Å²) in [6.07, 6.45) is 1.66. The lowest BCUT2D eigenvalue weighted by Gasteiger charge is -2.20. The van der Waals surface area contributed by atoms with Crippen LogP contribution in [0.5, 0.6) is 5.75 Å². The van der Waals surface area contributed by atoms with Crippen LogP contribution in [0.4, 0.5) is 0 Å². The van der Waals surface area contributed by atoms with E-state index in [0.717, 1.165) is 24.2 Å². The minimum atomic E-state index is -0.712. The number of methoxy groups -OCH3 is 1. The minimum Gasteiger partial charge on any atom is -0.497 e. The fourth-order valence-corrected chi connectivity index (χ4v) is 1.83. The Balaban J connectivity index is 2.55. The number of hydrogen-bond donors (Lipinski definition) is 2. The van der Waals surface area contributed by atoms with Crippen LogP contribution >= 0.6 is 0 Å². The highest BCUT2D eigenvalue weighted by Crippen LogP contribution is 2.20. The smallest absolute Gasteiger partial charge is 0.220 e. The average molecular weight is 265 g/mol. The van der Waals surface area contributed by atoms with Gasteiger partial charge in [0.05, 0.1) is 19.3 Å². The number of ether oxygens (including phenoxy) is 1. The number of aliphatic hydroxyl groups is 1. The summed E-state index contributed by atoms with van der Waals surface area (Å²) in [6, 6.07) is 6.89. The van der Waals surface area contributed by atoms with Gasteiger partial charge in [0, 0.05) is 6.42 Å². The van der Waals surface area contributed by atoms with Crippen molar-refractivity contribution in [3.8, 4) is 5.75 Å². The van der Waals surface area contributed by atoms with E-state index in [1.54, 1.807) is 38.3 Å². The SMILES string of the molecule is CCCCC(=O)NC(C)C(O)c1ccc(OC)cc1. The Labute approximate surface area is 114 Å². The van der Waals surface area contributed by atoms with Gasteiger partial charge in [0.1, 0.15) is 5.75 Å². The Bertz CT molecular complexity index is 389. The van der Waals surface area contributed by atoms with E-state index in [2.05, 4.69) is 5.32 Å². The van der Waals surface area contributed by atoms with Gasteiger partial charge in [0.25, 0.3) is 0 Å². The Morgan fingerprint density at radius 3 is 2.53 bits per heavy atom. The molecular formula is C15H23NO3. The molecule has 1 amide bonds. The quantitative estimate of drug-likeness (QED) is 0.796.